The van der Waals surface area contributed by atoms with Gasteiger partial charge in [0.05, 0.1) is 0 Å². The van der Waals surface area contributed by atoms with E-state index in [0.29, 0.717) is 6.42 Å². The van der Waals surface area contributed by atoms with E-state index in [9.17, 15) is 4.79 Å². The lowest BCUT2D eigenvalue weighted by Gasteiger charge is -2.29. The van der Waals surface area contributed by atoms with Crippen LogP contribution in [0.2, 0.25) is 0 Å². The van der Waals surface area contributed by atoms with Crippen molar-refractivity contribution < 1.29 is 9.53 Å². The Bertz CT molecular complexity index is 727. The molecule has 27 heavy (non-hydrogen) atoms. The van der Waals surface area contributed by atoms with Crippen molar-refractivity contribution in [2.75, 3.05) is 0 Å². The van der Waals surface area contributed by atoms with E-state index in [2.05, 4.69) is 50.4 Å². The average Bonchev–Trinajstić information content (AvgIpc) is 2.59. The summed E-state index contributed by atoms with van der Waals surface area (Å²) in [5.41, 5.74) is 2.21. The third-order valence-corrected chi connectivity index (χ3v) is 4.61. The zero-order valence-electron chi connectivity index (χ0n) is 17.5. The lowest BCUT2D eigenvalue weighted by molar-refractivity contribution is -0.129. The van der Waals surface area contributed by atoms with Crippen molar-refractivity contribution in [1.29, 1.82) is 0 Å². The van der Waals surface area contributed by atoms with E-state index in [0.717, 1.165) is 12.2 Å². The standard InChI is InChI=1S/C24H33NO2/c1-7-21(27-20-15-13-19(14-16-20)23(2,3)4)22(26)25-24(5,6)17-18-11-9-8-10-12-18/h8-16,21H,7,17H2,1-6H3,(H,25,26)/t21-/m1/s1. The van der Waals surface area contributed by atoms with Gasteiger partial charge in [-0.1, -0.05) is 70.2 Å². The summed E-state index contributed by atoms with van der Waals surface area (Å²) in [6, 6.07) is 18.2. The summed E-state index contributed by atoms with van der Waals surface area (Å²) in [4.78, 5) is 12.8. The zero-order valence-corrected chi connectivity index (χ0v) is 17.5. The molecule has 0 aliphatic heterocycles. The van der Waals surface area contributed by atoms with Crippen molar-refractivity contribution in [2.45, 2.75) is 71.4 Å². The van der Waals surface area contributed by atoms with Gasteiger partial charge in [0.1, 0.15) is 5.75 Å². The number of amides is 1. The number of rotatable bonds is 7. The molecule has 0 saturated carbocycles. The number of benzene rings is 2. The van der Waals surface area contributed by atoms with Crippen molar-refractivity contribution in [2.24, 2.45) is 0 Å². The molecular formula is C24H33NO2. The van der Waals surface area contributed by atoms with Crippen LogP contribution in [0.1, 0.15) is 59.1 Å². The molecule has 0 fully saturated rings. The zero-order chi connectivity index (χ0) is 20.1. The number of hydrogen-bond acceptors (Lipinski definition) is 2. The number of hydrogen-bond donors (Lipinski definition) is 1. The minimum absolute atomic E-state index is 0.0710. The molecule has 3 nitrogen and oxygen atoms in total. The monoisotopic (exact) mass is 367 g/mol. The van der Waals surface area contributed by atoms with Crippen LogP contribution >= 0.6 is 0 Å². The molecule has 0 saturated heterocycles. The van der Waals surface area contributed by atoms with E-state index in [1.807, 2.05) is 51.1 Å². The Hall–Kier alpha value is -2.29. The maximum atomic E-state index is 12.8. The van der Waals surface area contributed by atoms with E-state index in [1.165, 1.54) is 11.1 Å². The average molecular weight is 368 g/mol. The smallest absolute Gasteiger partial charge is 0.261 e. The highest BCUT2D eigenvalue weighted by atomic mass is 16.5. The Morgan fingerprint density at radius 1 is 0.963 bits per heavy atom. The highest BCUT2D eigenvalue weighted by Gasteiger charge is 2.26. The van der Waals surface area contributed by atoms with Gasteiger partial charge in [0.15, 0.2) is 6.10 Å². The molecule has 2 aromatic carbocycles. The fourth-order valence-corrected chi connectivity index (χ4v) is 3.08. The van der Waals surface area contributed by atoms with Crippen LogP contribution in [0.4, 0.5) is 0 Å². The van der Waals surface area contributed by atoms with Gasteiger partial charge in [-0.05, 0) is 55.4 Å². The van der Waals surface area contributed by atoms with Crippen LogP contribution in [0.25, 0.3) is 0 Å². The van der Waals surface area contributed by atoms with Gasteiger partial charge in [-0.15, -0.1) is 0 Å². The molecule has 1 N–H and O–H groups in total. The third-order valence-electron chi connectivity index (χ3n) is 4.61. The molecule has 3 heteroatoms. The van der Waals surface area contributed by atoms with E-state index < -0.39 is 6.10 Å². The van der Waals surface area contributed by atoms with Crippen molar-refractivity contribution in [3.05, 3.63) is 65.7 Å². The second kappa shape index (κ2) is 8.60. The fourth-order valence-electron chi connectivity index (χ4n) is 3.08. The predicted octanol–water partition coefficient (Wildman–Crippen LogP) is 5.28. The molecule has 0 heterocycles. The molecule has 146 valence electrons. The molecular weight excluding hydrogens is 334 g/mol. The molecule has 0 bridgehead atoms. The molecule has 1 atom stereocenters. The molecule has 2 rings (SSSR count). The number of ether oxygens (including phenoxy) is 1. The van der Waals surface area contributed by atoms with Crippen LogP contribution in [0.5, 0.6) is 5.75 Å². The van der Waals surface area contributed by atoms with Gasteiger partial charge in [0, 0.05) is 5.54 Å². The van der Waals surface area contributed by atoms with E-state index in [-0.39, 0.29) is 16.9 Å². The van der Waals surface area contributed by atoms with Crippen LogP contribution in [0, 0.1) is 0 Å². The van der Waals surface area contributed by atoms with Crippen LogP contribution < -0.4 is 10.1 Å². The molecule has 0 aromatic heterocycles. The third kappa shape index (κ3) is 6.42. The lowest BCUT2D eigenvalue weighted by atomic mass is 9.87. The van der Waals surface area contributed by atoms with Crippen LogP contribution in [-0.4, -0.2) is 17.6 Å². The molecule has 0 aliphatic carbocycles. The Balaban J connectivity index is 2.00. The number of carbonyl (C=O) groups excluding carboxylic acids is 1. The van der Waals surface area contributed by atoms with Gasteiger partial charge in [0.2, 0.25) is 0 Å². The highest BCUT2D eigenvalue weighted by Crippen LogP contribution is 2.25. The Labute approximate surface area is 164 Å². The number of nitrogens with one attached hydrogen (secondary N) is 1. The highest BCUT2D eigenvalue weighted by molar-refractivity contribution is 5.81. The quantitative estimate of drug-likeness (QED) is 0.723. The summed E-state index contributed by atoms with van der Waals surface area (Å²) in [7, 11) is 0. The minimum Gasteiger partial charge on any atom is -0.481 e. The van der Waals surface area contributed by atoms with E-state index >= 15 is 0 Å². The second-order valence-corrected chi connectivity index (χ2v) is 8.82. The summed E-state index contributed by atoms with van der Waals surface area (Å²) in [6.45, 7) is 12.6. The van der Waals surface area contributed by atoms with Crippen LogP contribution in [-0.2, 0) is 16.6 Å². The van der Waals surface area contributed by atoms with Crippen LogP contribution in [0.15, 0.2) is 54.6 Å². The first kappa shape index (κ1) is 21.0. The Kier molecular flexibility index (Phi) is 6.69. The minimum atomic E-state index is -0.500. The van der Waals surface area contributed by atoms with E-state index in [1.54, 1.807) is 0 Å². The first-order valence-corrected chi connectivity index (χ1v) is 9.74. The summed E-state index contributed by atoms with van der Waals surface area (Å²) in [6.07, 6.45) is 0.894. The molecule has 2 aromatic rings. The van der Waals surface area contributed by atoms with Crippen molar-refractivity contribution in [3.63, 3.8) is 0 Å². The Morgan fingerprint density at radius 3 is 2.07 bits per heavy atom. The van der Waals surface area contributed by atoms with Crippen molar-refractivity contribution >= 4 is 5.91 Å². The lowest BCUT2D eigenvalue weighted by Crippen LogP contribution is -2.50. The molecule has 0 radical (unpaired) electrons. The van der Waals surface area contributed by atoms with Gasteiger partial charge in [0.25, 0.3) is 5.91 Å². The molecule has 0 spiro atoms. The summed E-state index contributed by atoms with van der Waals surface area (Å²) in [5.74, 6) is 0.657. The van der Waals surface area contributed by atoms with Gasteiger partial charge < -0.3 is 10.1 Å². The molecule has 1 amide bonds. The van der Waals surface area contributed by atoms with Crippen molar-refractivity contribution in [3.8, 4) is 5.75 Å². The topological polar surface area (TPSA) is 38.3 Å². The Morgan fingerprint density at radius 2 is 1.56 bits per heavy atom. The summed E-state index contributed by atoms with van der Waals surface area (Å²) < 4.78 is 5.98. The second-order valence-electron chi connectivity index (χ2n) is 8.82. The maximum Gasteiger partial charge on any atom is 0.261 e. The number of carbonyl (C=O) groups is 1. The SMILES string of the molecule is CC[C@@H](Oc1ccc(C(C)(C)C)cc1)C(=O)NC(C)(C)Cc1ccccc1. The first-order valence-electron chi connectivity index (χ1n) is 9.74. The van der Waals surface area contributed by atoms with Gasteiger partial charge in [-0.3, -0.25) is 4.79 Å². The fraction of sp³-hybridized carbons (Fsp3) is 0.458. The maximum absolute atomic E-state index is 12.8. The molecule has 0 aliphatic rings. The van der Waals surface area contributed by atoms with Gasteiger partial charge in [-0.2, -0.15) is 0 Å². The molecule has 0 unspecified atom stereocenters. The predicted molar refractivity (Wildman–Crippen MR) is 112 cm³/mol. The van der Waals surface area contributed by atoms with Crippen molar-refractivity contribution in [1.82, 2.24) is 5.32 Å². The van der Waals surface area contributed by atoms with Gasteiger partial charge in [-0.25, -0.2) is 0 Å². The summed E-state index contributed by atoms with van der Waals surface area (Å²) >= 11 is 0. The van der Waals surface area contributed by atoms with E-state index in [4.69, 9.17) is 4.74 Å². The van der Waals surface area contributed by atoms with Gasteiger partial charge >= 0.3 is 0 Å². The largest absolute Gasteiger partial charge is 0.481 e. The first-order chi connectivity index (χ1) is 12.6. The normalized spacial score (nSPS) is 13.1. The van der Waals surface area contributed by atoms with Crippen LogP contribution in [0.3, 0.4) is 0 Å². The summed E-state index contributed by atoms with van der Waals surface area (Å²) in [5, 5.41) is 3.15.